The van der Waals surface area contributed by atoms with Crippen LogP contribution >= 0.6 is 0 Å². The first-order valence-corrected chi connectivity index (χ1v) is 12.5. The maximum Gasteiger partial charge on any atom is 0.223 e. The van der Waals surface area contributed by atoms with Crippen molar-refractivity contribution in [3.63, 3.8) is 0 Å². The third-order valence-electron chi connectivity index (χ3n) is 9.15. The van der Waals surface area contributed by atoms with Crippen LogP contribution < -0.4 is 10.2 Å². The van der Waals surface area contributed by atoms with Crippen LogP contribution in [-0.2, 0) is 4.79 Å². The second-order valence-corrected chi connectivity index (χ2v) is 11.4. The summed E-state index contributed by atoms with van der Waals surface area (Å²) in [6.07, 6.45) is 10.3. The lowest BCUT2D eigenvalue weighted by Crippen LogP contribution is -2.56. The molecule has 5 heteroatoms. The molecule has 0 spiro atoms. The molecule has 2 aromatic rings. The van der Waals surface area contributed by atoms with E-state index in [9.17, 15) is 4.79 Å². The van der Waals surface area contributed by atoms with Gasteiger partial charge in [0.15, 0.2) is 0 Å². The lowest BCUT2D eigenvalue weighted by molar-refractivity contribution is -0.130. The van der Waals surface area contributed by atoms with E-state index in [0.717, 1.165) is 60.7 Å². The Labute approximate surface area is 185 Å². The number of carbonyl (C=O) groups excluding carboxylic acids is 1. The van der Waals surface area contributed by atoms with Crippen LogP contribution in [0.5, 0.6) is 0 Å². The first-order chi connectivity index (χ1) is 15.0. The number of benzene rings is 1. The normalized spacial score (nSPS) is 33.7. The van der Waals surface area contributed by atoms with Gasteiger partial charge in [0.05, 0.1) is 11.0 Å². The van der Waals surface area contributed by atoms with Crippen molar-refractivity contribution in [2.75, 3.05) is 18.0 Å². The van der Waals surface area contributed by atoms with Crippen LogP contribution in [0.25, 0.3) is 11.0 Å². The van der Waals surface area contributed by atoms with Gasteiger partial charge in [-0.1, -0.05) is 6.07 Å². The highest BCUT2D eigenvalue weighted by atomic mass is 16.2. The van der Waals surface area contributed by atoms with Crippen molar-refractivity contribution in [1.82, 2.24) is 15.3 Å². The van der Waals surface area contributed by atoms with Crippen molar-refractivity contribution in [3.05, 3.63) is 23.8 Å². The summed E-state index contributed by atoms with van der Waals surface area (Å²) in [7, 11) is 0. The summed E-state index contributed by atoms with van der Waals surface area (Å²) in [6.45, 7) is 6.19. The van der Waals surface area contributed by atoms with Crippen LogP contribution in [0.4, 0.5) is 5.95 Å². The Bertz CT molecular complexity index is 951. The summed E-state index contributed by atoms with van der Waals surface area (Å²) in [5.74, 6) is 4.17. The molecule has 1 amide bonds. The van der Waals surface area contributed by atoms with Gasteiger partial charge in [-0.25, -0.2) is 4.98 Å². The average Bonchev–Trinajstić information content (AvgIpc) is 3.16. The molecule has 5 nitrogen and oxygen atoms in total. The van der Waals surface area contributed by atoms with Crippen molar-refractivity contribution >= 4 is 22.9 Å². The molecule has 0 radical (unpaired) electrons. The fourth-order valence-electron chi connectivity index (χ4n) is 7.81. The zero-order chi connectivity index (χ0) is 21.2. The van der Waals surface area contributed by atoms with Crippen LogP contribution in [-0.4, -0.2) is 35.0 Å². The fourth-order valence-corrected chi connectivity index (χ4v) is 7.81. The molecule has 1 saturated heterocycles. The number of nitrogens with one attached hydrogen (secondary N) is 2. The molecule has 5 fully saturated rings. The Morgan fingerprint density at radius 2 is 1.77 bits per heavy atom. The zero-order valence-electron chi connectivity index (χ0n) is 19.0. The minimum atomic E-state index is 0.138. The minimum absolute atomic E-state index is 0.138. The molecule has 0 unspecified atom stereocenters. The molecule has 31 heavy (non-hydrogen) atoms. The molecule has 4 bridgehead atoms. The quantitative estimate of drug-likeness (QED) is 0.746. The molecule has 1 aromatic heterocycles. The van der Waals surface area contributed by atoms with Gasteiger partial charge >= 0.3 is 0 Å². The number of hydrogen-bond donors (Lipinski definition) is 2. The van der Waals surface area contributed by atoms with E-state index in [-0.39, 0.29) is 5.92 Å². The largest absolute Gasteiger partial charge is 0.353 e. The van der Waals surface area contributed by atoms with E-state index in [1.807, 2.05) is 0 Å². The average molecular weight is 421 g/mol. The van der Waals surface area contributed by atoms with E-state index in [0.29, 0.717) is 17.4 Å². The number of H-pyrrole nitrogens is 1. The SMILES string of the molecule is Cc1ccc2nc(N3CCC(C(=O)N[C@H](C)C45CC6CC(CC(C6)C4)C5)CC3)[nH]c2c1. The predicted molar refractivity (Wildman–Crippen MR) is 124 cm³/mol. The van der Waals surface area contributed by atoms with E-state index in [4.69, 9.17) is 4.98 Å². The Hall–Kier alpha value is -2.04. The highest BCUT2D eigenvalue weighted by Crippen LogP contribution is 2.61. The number of aromatic nitrogens is 2. The first-order valence-electron chi connectivity index (χ1n) is 12.5. The molecular weight excluding hydrogens is 384 g/mol. The number of fused-ring (bicyclic) bond motifs is 1. The molecule has 2 N–H and O–H groups in total. The monoisotopic (exact) mass is 420 g/mol. The summed E-state index contributed by atoms with van der Waals surface area (Å²) in [6, 6.07) is 6.66. The van der Waals surface area contributed by atoms with Crippen molar-refractivity contribution in [2.24, 2.45) is 29.1 Å². The van der Waals surface area contributed by atoms with Crippen molar-refractivity contribution < 1.29 is 4.79 Å². The molecule has 4 aliphatic carbocycles. The second kappa shape index (κ2) is 7.25. The number of carbonyl (C=O) groups is 1. The third kappa shape index (κ3) is 3.44. The minimum Gasteiger partial charge on any atom is -0.353 e. The van der Waals surface area contributed by atoms with Crippen LogP contribution in [0.2, 0.25) is 0 Å². The first kappa shape index (κ1) is 19.6. The molecular formula is C26H36N4O. The molecule has 166 valence electrons. The maximum absolute atomic E-state index is 13.2. The summed E-state index contributed by atoms with van der Waals surface area (Å²) in [4.78, 5) is 23.7. The summed E-state index contributed by atoms with van der Waals surface area (Å²) in [5.41, 5.74) is 3.74. The van der Waals surface area contributed by atoms with Gasteiger partial charge in [-0.05, 0) is 106 Å². The molecule has 1 aliphatic heterocycles. The zero-order valence-corrected chi connectivity index (χ0v) is 19.0. The van der Waals surface area contributed by atoms with Crippen molar-refractivity contribution in [2.45, 2.75) is 71.3 Å². The lowest BCUT2D eigenvalue weighted by atomic mass is 9.48. The lowest BCUT2D eigenvalue weighted by Gasteiger charge is -2.59. The number of aryl methyl sites for hydroxylation is 1. The number of hydrogen-bond acceptors (Lipinski definition) is 3. The number of amides is 1. The Balaban J connectivity index is 1.07. The van der Waals surface area contributed by atoms with Crippen molar-refractivity contribution in [3.8, 4) is 0 Å². The van der Waals surface area contributed by atoms with Gasteiger partial charge in [0, 0.05) is 25.0 Å². The second-order valence-electron chi connectivity index (χ2n) is 11.4. The highest BCUT2D eigenvalue weighted by molar-refractivity contribution is 5.80. The van der Waals surface area contributed by atoms with Gasteiger partial charge in [0.1, 0.15) is 0 Å². The van der Waals surface area contributed by atoms with Crippen LogP contribution in [0.3, 0.4) is 0 Å². The number of aromatic amines is 1. The van der Waals surface area contributed by atoms with Gasteiger partial charge in [-0.2, -0.15) is 0 Å². The van der Waals surface area contributed by atoms with E-state index in [1.54, 1.807) is 0 Å². The molecule has 4 saturated carbocycles. The van der Waals surface area contributed by atoms with E-state index in [1.165, 1.54) is 44.1 Å². The van der Waals surface area contributed by atoms with E-state index < -0.39 is 0 Å². The van der Waals surface area contributed by atoms with E-state index >= 15 is 0 Å². The van der Waals surface area contributed by atoms with Gasteiger partial charge in [-0.15, -0.1) is 0 Å². The highest BCUT2D eigenvalue weighted by Gasteiger charge is 2.53. The molecule has 1 atom stereocenters. The van der Waals surface area contributed by atoms with Gasteiger partial charge in [-0.3, -0.25) is 4.79 Å². The van der Waals surface area contributed by atoms with Gasteiger partial charge in [0.25, 0.3) is 0 Å². The van der Waals surface area contributed by atoms with E-state index in [2.05, 4.69) is 47.2 Å². The fraction of sp³-hybridized carbons (Fsp3) is 0.692. The van der Waals surface area contributed by atoms with Crippen LogP contribution in [0, 0.1) is 36.0 Å². The number of rotatable bonds is 4. The molecule has 5 aliphatic rings. The maximum atomic E-state index is 13.2. The Morgan fingerprint density at radius 3 is 2.42 bits per heavy atom. The molecule has 7 rings (SSSR count). The number of piperidine rings is 1. The predicted octanol–water partition coefficient (Wildman–Crippen LogP) is 4.81. The van der Waals surface area contributed by atoms with Gasteiger partial charge in [0.2, 0.25) is 11.9 Å². The van der Waals surface area contributed by atoms with Gasteiger partial charge < -0.3 is 15.2 Å². The number of anilines is 1. The number of nitrogens with zero attached hydrogens (tertiary/aromatic N) is 2. The molecule has 1 aromatic carbocycles. The third-order valence-corrected chi connectivity index (χ3v) is 9.15. The van der Waals surface area contributed by atoms with Crippen LogP contribution in [0.15, 0.2) is 18.2 Å². The standard InChI is InChI=1S/C26H36N4O/c1-16-3-4-22-23(9-16)29-25(28-22)30-7-5-21(6-8-30)24(31)27-17(2)26-13-18-10-19(14-26)12-20(11-18)15-26/h3-4,9,17-21H,5-8,10-15H2,1-2H3,(H,27,31)(H,28,29)/t17-,18?,19?,20?,26?/m1/s1. The molecule has 2 heterocycles. The number of imidazole rings is 1. The van der Waals surface area contributed by atoms with Crippen LogP contribution in [0.1, 0.15) is 63.9 Å². The van der Waals surface area contributed by atoms with Crippen molar-refractivity contribution in [1.29, 1.82) is 0 Å². The summed E-state index contributed by atoms with van der Waals surface area (Å²) < 4.78 is 0. The smallest absolute Gasteiger partial charge is 0.223 e. The summed E-state index contributed by atoms with van der Waals surface area (Å²) in [5, 5.41) is 3.51. The summed E-state index contributed by atoms with van der Waals surface area (Å²) >= 11 is 0. The topological polar surface area (TPSA) is 61.0 Å². The Morgan fingerprint density at radius 1 is 1.13 bits per heavy atom. The Kier molecular flexibility index (Phi) is 4.59.